The lowest BCUT2D eigenvalue weighted by Crippen LogP contribution is -2.16. The molecule has 1 N–H and O–H groups in total. The fraction of sp³-hybridized carbons (Fsp3) is 0.250. The monoisotopic (exact) mass is 291 g/mol. The van der Waals surface area contributed by atoms with Crippen molar-refractivity contribution in [2.24, 2.45) is 0 Å². The summed E-state index contributed by atoms with van der Waals surface area (Å²) in [7, 11) is 0. The van der Waals surface area contributed by atoms with Crippen LogP contribution in [0.5, 0.6) is 0 Å². The van der Waals surface area contributed by atoms with Gasteiger partial charge in [-0.1, -0.05) is 30.0 Å². The zero-order valence-electron chi connectivity index (χ0n) is 10.9. The van der Waals surface area contributed by atoms with Crippen LogP contribution in [0.2, 0.25) is 0 Å². The molecule has 3 rings (SSSR count). The Morgan fingerprint density at radius 1 is 1.10 bits per heavy atom. The van der Waals surface area contributed by atoms with E-state index in [1.54, 1.807) is 18.2 Å². The highest BCUT2D eigenvalue weighted by molar-refractivity contribution is 7.99. The van der Waals surface area contributed by atoms with Crippen molar-refractivity contribution in [1.29, 1.82) is 0 Å². The van der Waals surface area contributed by atoms with E-state index in [1.165, 1.54) is 42.8 Å². The Bertz CT molecular complexity index is 611. The minimum Gasteiger partial charge on any atom is -0.310 e. The third-order valence-electron chi connectivity index (χ3n) is 3.22. The smallest absolute Gasteiger partial charge is 0.137 e. The summed E-state index contributed by atoms with van der Waals surface area (Å²) >= 11 is 1.27. The number of rotatable bonds is 5. The normalized spacial score (nSPS) is 14.5. The molecular weight excluding hydrogens is 276 g/mol. The zero-order valence-corrected chi connectivity index (χ0v) is 11.7. The van der Waals surface area contributed by atoms with E-state index in [1.807, 2.05) is 6.07 Å². The molecule has 1 nitrogen and oxygen atoms in total. The molecule has 1 aliphatic rings. The molecule has 0 unspecified atom stereocenters. The number of nitrogens with one attached hydrogen (secondary N) is 1. The zero-order chi connectivity index (χ0) is 13.9. The average Bonchev–Trinajstić information content (AvgIpc) is 3.24. The summed E-state index contributed by atoms with van der Waals surface area (Å²) in [5, 5.41) is 3.38. The van der Waals surface area contributed by atoms with Gasteiger partial charge in [0.15, 0.2) is 0 Å². The summed E-state index contributed by atoms with van der Waals surface area (Å²) in [5.41, 5.74) is 0.922. The van der Waals surface area contributed by atoms with E-state index >= 15 is 0 Å². The Hall–Kier alpha value is -1.39. The minimum atomic E-state index is -0.302. The van der Waals surface area contributed by atoms with Crippen LogP contribution < -0.4 is 5.32 Å². The first-order valence-corrected chi connectivity index (χ1v) is 7.48. The third-order valence-corrected chi connectivity index (χ3v) is 4.37. The van der Waals surface area contributed by atoms with E-state index in [0.717, 1.165) is 5.56 Å². The molecule has 2 aromatic carbocycles. The first-order chi connectivity index (χ1) is 9.72. The highest BCUT2D eigenvalue weighted by atomic mass is 32.2. The summed E-state index contributed by atoms with van der Waals surface area (Å²) < 4.78 is 27.2. The largest absolute Gasteiger partial charge is 0.310 e. The Labute approximate surface area is 121 Å². The van der Waals surface area contributed by atoms with Crippen molar-refractivity contribution in [2.45, 2.75) is 35.2 Å². The minimum absolute atomic E-state index is 0.255. The van der Waals surface area contributed by atoms with Gasteiger partial charge in [-0.2, -0.15) is 0 Å². The van der Waals surface area contributed by atoms with Gasteiger partial charge < -0.3 is 5.32 Å². The average molecular weight is 291 g/mol. The Kier molecular flexibility index (Phi) is 4.03. The second kappa shape index (κ2) is 5.94. The Morgan fingerprint density at radius 2 is 1.90 bits per heavy atom. The van der Waals surface area contributed by atoms with Gasteiger partial charge in [-0.05, 0) is 42.7 Å². The molecule has 0 spiro atoms. The number of hydrogen-bond acceptors (Lipinski definition) is 2. The predicted molar refractivity (Wildman–Crippen MR) is 76.8 cm³/mol. The van der Waals surface area contributed by atoms with Gasteiger partial charge in [-0.25, -0.2) is 8.78 Å². The summed E-state index contributed by atoms with van der Waals surface area (Å²) in [6, 6.07) is 11.9. The fourth-order valence-electron chi connectivity index (χ4n) is 2.00. The second-order valence-electron chi connectivity index (χ2n) is 4.94. The molecule has 0 bridgehead atoms. The van der Waals surface area contributed by atoms with Crippen LogP contribution in [0.15, 0.2) is 52.3 Å². The fourth-order valence-corrected chi connectivity index (χ4v) is 2.99. The lowest BCUT2D eigenvalue weighted by molar-refractivity contribution is 0.588. The van der Waals surface area contributed by atoms with Crippen molar-refractivity contribution in [3.8, 4) is 0 Å². The highest BCUT2D eigenvalue weighted by Crippen LogP contribution is 2.33. The maximum atomic E-state index is 14.0. The number of halogens is 2. The van der Waals surface area contributed by atoms with Gasteiger partial charge in [0.1, 0.15) is 11.6 Å². The molecule has 4 heteroatoms. The maximum Gasteiger partial charge on any atom is 0.137 e. The van der Waals surface area contributed by atoms with Crippen molar-refractivity contribution in [3.05, 3.63) is 59.7 Å². The SMILES string of the molecule is Fc1cccc(Sc2c(F)cccc2CNC2CC2)c1. The van der Waals surface area contributed by atoms with E-state index in [9.17, 15) is 8.78 Å². The molecule has 0 radical (unpaired) electrons. The first-order valence-electron chi connectivity index (χ1n) is 6.66. The highest BCUT2D eigenvalue weighted by Gasteiger charge is 2.21. The van der Waals surface area contributed by atoms with Crippen LogP contribution in [-0.4, -0.2) is 6.04 Å². The van der Waals surface area contributed by atoms with E-state index in [2.05, 4.69) is 5.32 Å². The van der Waals surface area contributed by atoms with Crippen molar-refractivity contribution in [3.63, 3.8) is 0 Å². The van der Waals surface area contributed by atoms with Crippen LogP contribution in [-0.2, 0) is 6.54 Å². The van der Waals surface area contributed by atoms with Gasteiger partial charge >= 0.3 is 0 Å². The summed E-state index contributed by atoms with van der Waals surface area (Å²) in [4.78, 5) is 1.29. The molecule has 1 saturated carbocycles. The van der Waals surface area contributed by atoms with Crippen molar-refractivity contribution < 1.29 is 8.78 Å². The quantitative estimate of drug-likeness (QED) is 0.878. The number of benzene rings is 2. The van der Waals surface area contributed by atoms with Crippen LogP contribution in [0.1, 0.15) is 18.4 Å². The van der Waals surface area contributed by atoms with Crippen LogP contribution in [0.25, 0.3) is 0 Å². The topological polar surface area (TPSA) is 12.0 Å². The molecule has 0 heterocycles. The van der Waals surface area contributed by atoms with Crippen LogP contribution in [0.4, 0.5) is 8.78 Å². The molecule has 1 aliphatic carbocycles. The predicted octanol–water partition coefficient (Wildman–Crippen LogP) is 4.37. The molecule has 20 heavy (non-hydrogen) atoms. The lowest BCUT2D eigenvalue weighted by Gasteiger charge is -2.11. The molecule has 0 atom stereocenters. The summed E-state index contributed by atoms with van der Waals surface area (Å²) in [5.74, 6) is -0.557. The van der Waals surface area contributed by atoms with E-state index < -0.39 is 0 Å². The molecular formula is C16H15F2NS. The van der Waals surface area contributed by atoms with Crippen molar-refractivity contribution >= 4 is 11.8 Å². The van der Waals surface area contributed by atoms with Crippen LogP contribution in [0.3, 0.4) is 0 Å². The summed E-state index contributed by atoms with van der Waals surface area (Å²) in [6.45, 7) is 0.653. The van der Waals surface area contributed by atoms with E-state index in [4.69, 9.17) is 0 Å². The van der Waals surface area contributed by atoms with Gasteiger partial charge in [0.05, 0.1) is 4.90 Å². The van der Waals surface area contributed by atoms with Crippen molar-refractivity contribution in [2.75, 3.05) is 0 Å². The maximum absolute atomic E-state index is 14.0. The van der Waals surface area contributed by atoms with Gasteiger partial charge in [0, 0.05) is 17.5 Å². The molecule has 2 aromatic rings. The molecule has 104 valence electrons. The van der Waals surface area contributed by atoms with E-state index in [0.29, 0.717) is 22.4 Å². The standard InChI is InChI=1S/C16H15F2NS/c17-12-4-2-5-14(9-12)20-16-11(3-1-6-15(16)18)10-19-13-7-8-13/h1-6,9,13,19H,7-8,10H2. The summed E-state index contributed by atoms with van der Waals surface area (Å²) in [6.07, 6.45) is 2.39. The Balaban J connectivity index is 1.82. The van der Waals surface area contributed by atoms with Gasteiger partial charge in [-0.15, -0.1) is 0 Å². The molecule has 0 aliphatic heterocycles. The molecule has 0 aromatic heterocycles. The molecule has 0 amide bonds. The molecule has 0 saturated heterocycles. The van der Waals surface area contributed by atoms with Gasteiger partial charge in [0.25, 0.3) is 0 Å². The van der Waals surface area contributed by atoms with Crippen molar-refractivity contribution in [1.82, 2.24) is 5.32 Å². The van der Waals surface area contributed by atoms with Gasteiger partial charge in [0.2, 0.25) is 0 Å². The van der Waals surface area contributed by atoms with E-state index in [-0.39, 0.29) is 11.6 Å². The van der Waals surface area contributed by atoms with Crippen LogP contribution in [0, 0.1) is 11.6 Å². The third kappa shape index (κ3) is 3.38. The van der Waals surface area contributed by atoms with Crippen LogP contribution >= 0.6 is 11.8 Å². The Morgan fingerprint density at radius 3 is 2.65 bits per heavy atom. The van der Waals surface area contributed by atoms with Gasteiger partial charge in [-0.3, -0.25) is 0 Å². The lowest BCUT2D eigenvalue weighted by atomic mass is 10.2. The number of hydrogen-bond donors (Lipinski definition) is 1. The second-order valence-corrected chi connectivity index (χ2v) is 6.03. The first kappa shape index (κ1) is 13.6. The molecule has 1 fully saturated rings.